The molecule has 0 aliphatic carbocycles. The molecular weight excluding hydrogens is 206 g/mol. The fourth-order valence-corrected chi connectivity index (χ4v) is 2.19. The number of nitrogens with zero attached hydrogens (tertiary/aromatic N) is 2. The van der Waals surface area contributed by atoms with E-state index in [2.05, 4.69) is 33.0 Å². The van der Waals surface area contributed by atoms with Crippen molar-refractivity contribution in [3.8, 4) is 0 Å². The largest absolute Gasteiger partial charge is 0.308 e. The van der Waals surface area contributed by atoms with Crippen molar-refractivity contribution < 1.29 is 0 Å². The van der Waals surface area contributed by atoms with Crippen LogP contribution in [0.3, 0.4) is 0 Å². The first-order valence-corrected chi connectivity index (χ1v) is 5.77. The third-order valence-corrected chi connectivity index (χ3v) is 3.13. The molecule has 15 heavy (non-hydrogen) atoms. The summed E-state index contributed by atoms with van der Waals surface area (Å²) in [6, 6.07) is 0. The van der Waals surface area contributed by atoms with Crippen molar-refractivity contribution >= 4 is 11.3 Å². The van der Waals surface area contributed by atoms with Gasteiger partial charge in [-0.15, -0.1) is 0 Å². The van der Waals surface area contributed by atoms with E-state index in [9.17, 15) is 0 Å². The van der Waals surface area contributed by atoms with Crippen LogP contribution in [0, 0.1) is 6.92 Å². The van der Waals surface area contributed by atoms with Crippen LogP contribution in [0.2, 0.25) is 0 Å². The summed E-state index contributed by atoms with van der Waals surface area (Å²) < 4.78 is 0. The summed E-state index contributed by atoms with van der Waals surface area (Å²) in [7, 11) is 0. The van der Waals surface area contributed by atoms with Crippen molar-refractivity contribution in [1.29, 1.82) is 0 Å². The van der Waals surface area contributed by atoms with E-state index >= 15 is 0 Å². The minimum absolute atomic E-state index is 0.816. The highest BCUT2D eigenvalue weighted by Gasteiger charge is 1.98. The lowest BCUT2D eigenvalue weighted by atomic mass is 10.2. The molecule has 0 amide bonds. The van der Waals surface area contributed by atoms with E-state index in [1.54, 1.807) is 17.7 Å². The van der Waals surface area contributed by atoms with E-state index in [1.165, 1.54) is 11.1 Å². The van der Waals surface area contributed by atoms with Gasteiger partial charge in [0.25, 0.3) is 0 Å². The number of aromatic nitrogens is 2. The van der Waals surface area contributed by atoms with Crippen LogP contribution in [0.15, 0.2) is 29.5 Å². The van der Waals surface area contributed by atoms with Crippen LogP contribution < -0.4 is 5.32 Å². The second-order valence-corrected chi connectivity index (χ2v) is 4.17. The van der Waals surface area contributed by atoms with Crippen LogP contribution in [0.1, 0.15) is 16.7 Å². The standard InChI is InChI=1S/C11H13N3S/c1-9-6-15-7-11(9)5-12-2-10-3-13-8-14-4-10/h3-4,6-8,12H,2,5H2,1H3. The molecule has 2 rings (SSSR count). The molecule has 0 aromatic carbocycles. The summed E-state index contributed by atoms with van der Waals surface area (Å²) in [4.78, 5) is 7.94. The van der Waals surface area contributed by atoms with Gasteiger partial charge in [-0.1, -0.05) is 0 Å². The predicted molar refractivity (Wildman–Crippen MR) is 61.6 cm³/mol. The van der Waals surface area contributed by atoms with E-state index in [0.29, 0.717) is 0 Å². The Balaban J connectivity index is 1.83. The zero-order chi connectivity index (χ0) is 10.5. The van der Waals surface area contributed by atoms with Crippen molar-refractivity contribution in [2.75, 3.05) is 0 Å². The summed E-state index contributed by atoms with van der Waals surface area (Å²) in [6.07, 6.45) is 5.22. The third kappa shape index (κ3) is 2.84. The SMILES string of the molecule is Cc1cscc1CNCc1cncnc1. The smallest absolute Gasteiger partial charge is 0.115 e. The fourth-order valence-electron chi connectivity index (χ4n) is 1.33. The zero-order valence-corrected chi connectivity index (χ0v) is 9.42. The summed E-state index contributed by atoms with van der Waals surface area (Å²) in [6.45, 7) is 3.86. The van der Waals surface area contributed by atoms with Gasteiger partial charge in [-0.3, -0.25) is 0 Å². The Kier molecular flexibility index (Phi) is 3.42. The second-order valence-electron chi connectivity index (χ2n) is 3.43. The lowest BCUT2D eigenvalue weighted by molar-refractivity contribution is 0.688. The van der Waals surface area contributed by atoms with Gasteiger partial charge in [0.15, 0.2) is 0 Å². The molecule has 0 saturated carbocycles. The molecule has 1 N–H and O–H groups in total. The Morgan fingerprint density at radius 1 is 1.20 bits per heavy atom. The summed E-state index contributed by atoms with van der Waals surface area (Å²) >= 11 is 1.75. The van der Waals surface area contributed by atoms with E-state index in [-0.39, 0.29) is 0 Å². The first-order valence-electron chi connectivity index (χ1n) is 4.82. The van der Waals surface area contributed by atoms with Crippen molar-refractivity contribution in [1.82, 2.24) is 15.3 Å². The van der Waals surface area contributed by atoms with E-state index < -0.39 is 0 Å². The molecular formula is C11H13N3S. The molecule has 0 atom stereocenters. The molecule has 0 unspecified atom stereocenters. The minimum Gasteiger partial charge on any atom is -0.308 e. The number of rotatable bonds is 4. The lowest BCUT2D eigenvalue weighted by Gasteiger charge is -2.03. The maximum atomic E-state index is 3.97. The molecule has 0 aliphatic rings. The second kappa shape index (κ2) is 5.00. The van der Waals surface area contributed by atoms with Crippen molar-refractivity contribution in [3.63, 3.8) is 0 Å². The molecule has 0 bridgehead atoms. The summed E-state index contributed by atoms with van der Waals surface area (Å²) in [5.41, 5.74) is 3.85. The van der Waals surface area contributed by atoms with Gasteiger partial charge in [0.05, 0.1) is 0 Å². The molecule has 2 heterocycles. The van der Waals surface area contributed by atoms with Gasteiger partial charge in [-0.25, -0.2) is 9.97 Å². The Bertz CT molecular complexity index is 411. The summed E-state index contributed by atoms with van der Waals surface area (Å²) in [5, 5.41) is 7.73. The Morgan fingerprint density at radius 2 is 2.00 bits per heavy atom. The average molecular weight is 219 g/mol. The van der Waals surface area contributed by atoms with Crippen molar-refractivity contribution in [3.05, 3.63) is 46.2 Å². The van der Waals surface area contributed by atoms with Crippen LogP contribution in [0.5, 0.6) is 0 Å². The van der Waals surface area contributed by atoms with Crippen LogP contribution in [0.4, 0.5) is 0 Å². The number of hydrogen-bond donors (Lipinski definition) is 1. The molecule has 0 spiro atoms. The molecule has 2 aromatic rings. The number of nitrogens with one attached hydrogen (secondary N) is 1. The van der Waals surface area contributed by atoms with Gasteiger partial charge < -0.3 is 5.32 Å². The minimum atomic E-state index is 0.816. The first kappa shape index (κ1) is 10.3. The molecule has 0 fully saturated rings. The molecule has 2 aromatic heterocycles. The van der Waals surface area contributed by atoms with Crippen LogP contribution >= 0.6 is 11.3 Å². The first-order chi connectivity index (χ1) is 7.36. The summed E-state index contributed by atoms with van der Waals surface area (Å²) in [5.74, 6) is 0. The maximum absolute atomic E-state index is 3.97. The number of thiophene rings is 1. The highest BCUT2D eigenvalue weighted by molar-refractivity contribution is 7.08. The zero-order valence-electron chi connectivity index (χ0n) is 8.60. The quantitative estimate of drug-likeness (QED) is 0.856. The van der Waals surface area contributed by atoms with Crippen LogP contribution in [-0.2, 0) is 13.1 Å². The Hall–Kier alpha value is -1.26. The topological polar surface area (TPSA) is 37.8 Å². The fraction of sp³-hybridized carbons (Fsp3) is 0.273. The predicted octanol–water partition coefficient (Wildman–Crippen LogP) is 2.14. The van der Waals surface area contributed by atoms with Crippen molar-refractivity contribution in [2.45, 2.75) is 20.0 Å². The van der Waals surface area contributed by atoms with Crippen molar-refractivity contribution in [2.24, 2.45) is 0 Å². The van der Waals surface area contributed by atoms with Crippen LogP contribution in [-0.4, -0.2) is 9.97 Å². The molecule has 3 nitrogen and oxygen atoms in total. The van der Waals surface area contributed by atoms with E-state index in [4.69, 9.17) is 0 Å². The number of hydrogen-bond acceptors (Lipinski definition) is 4. The van der Waals surface area contributed by atoms with Gasteiger partial charge in [0, 0.05) is 31.0 Å². The Morgan fingerprint density at radius 3 is 2.67 bits per heavy atom. The molecule has 78 valence electrons. The van der Waals surface area contributed by atoms with E-state index in [1.807, 2.05) is 12.4 Å². The van der Waals surface area contributed by atoms with Gasteiger partial charge in [-0.2, -0.15) is 11.3 Å². The van der Waals surface area contributed by atoms with Crippen LogP contribution in [0.25, 0.3) is 0 Å². The molecule has 0 aliphatic heterocycles. The molecule has 0 radical (unpaired) electrons. The lowest BCUT2D eigenvalue weighted by Crippen LogP contribution is -2.13. The van der Waals surface area contributed by atoms with E-state index in [0.717, 1.165) is 18.7 Å². The van der Waals surface area contributed by atoms with Gasteiger partial charge in [0.1, 0.15) is 6.33 Å². The Labute approximate surface area is 93.2 Å². The average Bonchev–Trinajstić information content (AvgIpc) is 2.66. The highest BCUT2D eigenvalue weighted by Crippen LogP contribution is 2.13. The normalized spacial score (nSPS) is 10.5. The van der Waals surface area contributed by atoms with Gasteiger partial charge in [0.2, 0.25) is 0 Å². The molecule has 4 heteroatoms. The number of aryl methyl sites for hydroxylation is 1. The van der Waals surface area contributed by atoms with Gasteiger partial charge in [-0.05, 0) is 28.8 Å². The highest BCUT2D eigenvalue weighted by atomic mass is 32.1. The third-order valence-electron chi connectivity index (χ3n) is 2.22. The van der Waals surface area contributed by atoms with Gasteiger partial charge >= 0.3 is 0 Å². The molecule has 0 saturated heterocycles. The maximum Gasteiger partial charge on any atom is 0.115 e. The monoisotopic (exact) mass is 219 g/mol.